The van der Waals surface area contributed by atoms with Crippen molar-refractivity contribution in [2.45, 2.75) is 19.1 Å². The van der Waals surface area contributed by atoms with Gasteiger partial charge in [0.05, 0.1) is 24.5 Å². The number of aromatic nitrogens is 5. The lowest BCUT2D eigenvalue weighted by molar-refractivity contribution is -0.140. The number of H-pyrrole nitrogens is 1. The Morgan fingerprint density at radius 3 is 2.62 bits per heavy atom. The van der Waals surface area contributed by atoms with Crippen molar-refractivity contribution in [2.24, 2.45) is 0 Å². The molecule has 1 aromatic carbocycles. The first kappa shape index (κ1) is 20.4. The van der Waals surface area contributed by atoms with E-state index in [9.17, 15) is 18.0 Å². The Balaban J connectivity index is 1.69. The minimum absolute atomic E-state index is 0.0763. The van der Waals surface area contributed by atoms with Gasteiger partial charge >= 0.3 is 6.18 Å². The van der Waals surface area contributed by atoms with Crippen LogP contribution in [-0.4, -0.2) is 44.6 Å². The molecule has 0 aliphatic carbocycles. The molecule has 9 nitrogen and oxygen atoms in total. The molecule has 0 saturated carbocycles. The number of hydrogen-bond donors (Lipinski definition) is 2. The quantitative estimate of drug-likeness (QED) is 0.498. The first-order valence-electron chi connectivity index (χ1n) is 9.77. The normalized spacial score (nSPS) is 17.2. The summed E-state index contributed by atoms with van der Waals surface area (Å²) in [5.41, 5.74) is -1.82. The van der Waals surface area contributed by atoms with Crippen molar-refractivity contribution in [3.8, 4) is 22.6 Å². The van der Waals surface area contributed by atoms with Crippen LogP contribution in [0.25, 0.3) is 28.2 Å². The lowest BCUT2D eigenvalue weighted by Crippen LogP contribution is -2.34. The number of aromatic amines is 1. The van der Waals surface area contributed by atoms with E-state index in [0.29, 0.717) is 19.8 Å². The first-order valence-corrected chi connectivity index (χ1v) is 9.77. The fourth-order valence-corrected chi connectivity index (χ4v) is 3.71. The average Bonchev–Trinajstić information content (AvgIpc) is 3.40. The fraction of sp³-hybridized carbons (Fsp3) is 0.300. The Hall–Kier alpha value is -3.51. The minimum atomic E-state index is -4.73. The van der Waals surface area contributed by atoms with E-state index < -0.39 is 17.4 Å². The number of hydrogen-bond acceptors (Lipinski definition) is 7. The van der Waals surface area contributed by atoms with E-state index in [2.05, 4.69) is 25.6 Å². The van der Waals surface area contributed by atoms with Gasteiger partial charge in [0.15, 0.2) is 5.65 Å². The van der Waals surface area contributed by atoms with Gasteiger partial charge in [-0.3, -0.25) is 9.89 Å². The van der Waals surface area contributed by atoms with E-state index in [-0.39, 0.29) is 45.9 Å². The van der Waals surface area contributed by atoms with Crippen LogP contribution in [0.3, 0.4) is 0 Å². The summed E-state index contributed by atoms with van der Waals surface area (Å²) in [6.07, 6.45) is -4.73. The predicted molar refractivity (Wildman–Crippen MR) is 106 cm³/mol. The van der Waals surface area contributed by atoms with Crippen LogP contribution >= 0.6 is 0 Å². The number of aryl methyl sites for hydroxylation is 1. The topological polar surface area (TPSA) is 110 Å². The minimum Gasteiger partial charge on any atom is -0.419 e. The molecule has 0 amide bonds. The van der Waals surface area contributed by atoms with E-state index >= 15 is 0 Å². The number of morpholine rings is 1. The van der Waals surface area contributed by atoms with E-state index in [0.717, 1.165) is 4.52 Å². The third-order valence-corrected chi connectivity index (χ3v) is 5.18. The van der Waals surface area contributed by atoms with E-state index in [1.54, 1.807) is 18.2 Å². The molecule has 1 unspecified atom stereocenters. The van der Waals surface area contributed by atoms with E-state index in [1.165, 1.54) is 19.1 Å². The van der Waals surface area contributed by atoms with Gasteiger partial charge < -0.3 is 14.5 Å². The van der Waals surface area contributed by atoms with Gasteiger partial charge in [0.2, 0.25) is 5.89 Å². The Morgan fingerprint density at radius 1 is 1.16 bits per heavy atom. The van der Waals surface area contributed by atoms with Crippen molar-refractivity contribution in [2.75, 3.05) is 19.8 Å². The maximum Gasteiger partial charge on any atom is 0.433 e. The molecule has 32 heavy (non-hydrogen) atoms. The molecule has 1 saturated heterocycles. The molecule has 4 heterocycles. The van der Waals surface area contributed by atoms with Crippen LogP contribution in [-0.2, 0) is 10.9 Å². The molecule has 4 aromatic rings. The second-order valence-electron chi connectivity index (χ2n) is 7.29. The van der Waals surface area contributed by atoms with Crippen molar-refractivity contribution in [3.05, 3.63) is 58.0 Å². The number of benzene rings is 1. The molecular formula is C20H17F3N6O3. The summed E-state index contributed by atoms with van der Waals surface area (Å²) in [6.45, 7) is 2.99. The Bertz CT molecular complexity index is 1340. The van der Waals surface area contributed by atoms with Crippen molar-refractivity contribution < 1.29 is 22.3 Å². The standard InChI is InChI=1S/C20H17F3N6O3/c1-10-13(18-27-26-17(32-18)12-9-31-8-7-24-12)19(30)29-16(25-10)14(11-5-3-2-4-6-11)15(28-29)20(21,22)23/h2-6,12,24,28H,7-9H2,1H3. The highest BCUT2D eigenvalue weighted by Crippen LogP contribution is 2.38. The van der Waals surface area contributed by atoms with Gasteiger partial charge in [-0.05, 0) is 12.5 Å². The number of rotatable bonds is 3. The lowest BCUT2D eigenvalue weighted by atomic mass is 10.1. The highest BCUT2D eigenvalue weighted by atomic mass is 19.4. The van der Waals surface area contributed by atoms with Crippen molar-refractivity contribution in [3.63, 3.8) is 0 Å². The van der Waals surface area contributed by atoms with Gasteiger partial charge in [0.1, 0.15) is 17.3 Å². The summed E-state index contributed by atoms with van der Waals surface area (Å²) in [5.74, 6) is 0.0947. The molecule has 12 heteroatoms. The Labute approximate surface area is 178 Å². The smallest absolute Gasteiger partial charge is 0.419 e. The molecular weight excluding hydrogens is 429 g/mol. The van der Waals surface area contributed by atoms with E-state index in [1.807, 2.05) is 0 Å². The molecule has 1 aliphatic heterocycles. The summed E-state index contributed by atoms with van der Waals surface area (Å²) in [4.78, 5) is 17.5. The number of ether oxygens (including phenoxy) is 1. The van der Waals surface area contributed by atoms with Crippen LogP contribution in [0, 0.1) is 6.92 Å². The summed E-state index contributed by atoms with van der Waals surface area (Å²) < 4.78 is 53.2. The maximum absolute atomic E-state index is 13.8. The van der Waals surface area contributed by atoms with Gasteiger partial charge in [-0.2, -0.15) is 17.7 Å². The number of nitrogens with zero attached hydrogens (tertiary/aromatic N) is 4. The molecule has 166 valence electrons. The second-order valence-corrected chi connectivity index (χ2v) is 7.29. The SMILES string of the molecule is Cc1nc2c(-c3ccccc3)c(C(F)(F)F)[nH]n2c(=O)c1-c1nnc(C2COCCN2)o1. The monoisotopic (exact) mass is 446 g/mol. The molecule has 1 fully saturated rings. The van der Waals surface area contributed by atoms with Gasteiger partial charge in [-0.1, -0.05) is 30.3 Å². The summed E-state index contributed by atoms with van der Waals surface area (Å²) >= 11 is 0. The number of alkyl halides is 3. The third-order valence-electron chi connectivity index (χ3n) is 5.18. The zero-order chi connectivity index (χ0) is 22.5. The Morgan fingerprint density at radius 2 is 1.94 bits per heavy atom. The molecule has 1 aliphatic rings. The number of fused-ring (bicyclic) bond motifs is 1. The zero-order valence-corrected chi connectivity index (χ0v) is 16.7. The number of halogens is 3. The molecule has 0 radical (unpaired) electrons. The fourth-order valence-electron chi connectivity index (χ4n) is 3.71. The summed E-state index contributed by atoms with van der Waals surface area (Å²) in [5, 5.41) is 13.2. The highest BCUT2D eigenvalue weighted by Gasteiger charge is 2.38. The van der Waals surface area contributed by atoms with Gasteiger partial charge in [0, 0.05) is 6.54 Å². The first-order chi connectivity index (χ1) is 15.3. The molecule has 2 N–H and O–H groups in total. The van der Waals surface area contributed by atoms with Gasteiger partial charge in [0.25, 0.3) is 11.4 Å². The van der Waals surface area contributed by atoms with Crippen LogP contribution < -0.4 is 10.9 Å². The van der Waals surface area contributed by atoms with Crippen molar-refractivity contribution in [1.29, 1.82) is 0 Å². The largest absolute Gasteiger partial charge is 0.433 e. The molecule has 3 aromatic heterocycles. The summed E-state index contributed by atoms with van der Waals surface area (Å²) in [7, 11) is 0. The van der Waals surface area contributed by atoms with Crippen LogP contribution in [0.15, 0.2) is 39.5 Å². The summed E-state index contributed by atoms with van der Waals surface area (Å²) in [6, 6.07) is 7.63. The predicted octanol–water partition coefficient (Wildman–Crippen LogP) is 2.73. The third kappa shape index (κ3) is 3.37. The lowest BCUT2D eigenvalue weighted by Gasteiger charge is -2.20. The van der Waals surface area contributed by atoms with Crippen molar-refractivity contribution >= 4 is 5.65 Å². The van der Waals surface area contributed by atoms with Crippen LogP contribution in [0.5, 0.6) is 0 Å². The molecule has 0 bridgehead atoms. The highest BCUT2D eigenvalue weighted by molar-refractivity contribution is 5.81. The number of nitrogens with one attached hydrogen (secondary N) is 2. The molecule has 1 atom stereocenters. The molecule has 0 spiro atoms. The van der Waals surface area contributed by atoms with E-state index in [4.69, 9.17) is 9.15 Å². The average molecular weight is 446 g/mol. The second kappa shape index (κ2) is 7.57. The van der Waals surface area contributed by atoms with Gasteiger partial charge in [-0.25, -0.2) is 4.98 Å². The van der Waals surface area contributed by atoms with Crippen molar-refractivity contribution in [1.82, 2.24) is 30.1 Å². The van der Waals surface area contributed by atoms with Crippen LogP contribution in [0.4, 0.5) is 13.2 Å². The molecule has 5 rings (SSSR count). The van der Waals surface area contributed by atoms with Crippen LogP contribution in [0.2, 0.25) is 0 Å². The Kier molecular flexibility index (Phi) is 4.82. The van der Waals surface area contributed by atoms with Crippen LogP contribution in [0.1, 0.15) is 23.3 Å². The maximum atomic E-state index is 13.8. The van der Waals surface area contributed by atoms with Gasteiger partial charge in [-0.15, -0.1) is 10.2 Å². The zero-order valence-electron chi connectivity index (χ0n) is 16.7.